The summed E-state index contributed by atoms with van der Waals surface area (Å²) in [5.41, 5.74) is 2.40. The van der Waals surface area contributed by atoms with Crippen LogP contribution in [0.25, 0.3) is 0 Å². The quantitative estimate of drug-likeness (QED) is 0.692. The van der Waals surface area contributed by atoms with Gasteiger partial charge in [-0.25, -0.2) is 0 Å². The third-order valence-electron chi connectivity index (χ3n) is 1.90. The molecule has 1 rings (SSSR count). The van der Waals surface area contributed by atoms with E-state index < -0.39 is 0 Å². The molecule has 0 aromatic heterocycles. The van der Waals surface area contributed by atoms with Gasteiger partial charge in [0.2, 0.25) is 0 Å². The zero-order chi connectivity index (χ0) is 9.14. The molecule has 0 saturated carbocycles. The lowest BCUT2D eigenvalue weighted by Crippen LogP contribution is -1.90. The lowest BCUT2D eigenvalue weighted by atomic mass is 10.1. The molecule has 0 saturated heterocycles. The van der Waals surface area contributed by atoms with Gasteiger partial charge in [-0.15, -0.1) is 0 Å². The second-order valence-electron chi connectivity index (χ2n) is 2.91. The summed E-state index contributed by atoms with van der Waals surface area (Å²) in [7, 11) is 1.69. The number of benzene rings is 1. The van der Waals surface area contributed by atoms with Gasteiger partial charge in [-0.1, -0.05) is 12.1 Å². The molecule has 1 nitrogen and oxygen atoms in total. The normalized spacial score (nSPS) is 12.7. The van der Waals surface area contributed by atoms with Crippen molar-refractivity contribution in [1.82, 2.24) is 0 Å². The molecule has 1 aromatic rings. The summed E-state index contributed by atoms with van der Waals surface area (Å²) < 4.78 is 5.15. The van der Waals surface area contributed by atoms with E-state index in [1.165, 1.54) is 5.56 Å². The van der Waals surface area contributed by atoms with Crippen LogP contribution in [0.5, 0.6) is 5.75 Å². The minimum Gasteiger partial charge on any atom is -0.496 e. The predicted molar refractivity (Wildman–Crippen MR) is 55.1 cm³/mol. The third-order valence-corrected chi connectivity index (χ3v) is 2.20. The summed E-state index contributed by atoms with van der Waals surface area (Å²) >= 11 is 4.36. The van der Waals surface area contributed by atoms with E-state index in [-0.39, 0.29) is 5.25 Å². The lowest BCUT2D eigenvalue weighted by Gasteiger charge is -2.08. The van der Waals surface area contributed by atoms with Gasteiger partial charge in [-0.05, 0) is 31.0 Å². The third kappa shape index (κ3) is 1.95. The van der Waals surface area contributed by atoms with E-state index in [9.17, 15) is 0 Å². The van der Waals surface area contributed by atoms with Gasteiger partial charge in [0.25, 0.3) is 0 Å². The molecule has 1 aromatic carbocycles. The van der Waals surface area contributed by atoms with Crippen LogP contribution in [0, 0.1) is 6.92 Å². The highest BCUT2D eigenvalue weighted by atomic mass is 32.1. The van der Waals surface area contributed by atoms with Crippen LogP contribution in [0.1, 0.15) is 23.3 Å². The molecule has 0 bridgehead atoms. The molecule has 0 aliphatic carbocycles. The molecule has 0 spiro atoms. The molecule has 0 N–H and O–H groups in total. The first-order chi connectivity index (χ1) is 5.65. The molecule has 1 atom stereocenters. The zero-order valence-electron chi connectivity index (χ0n) is 7.66. The molecular formula is C10H14OS. The van der Waals surface area contributed by atoms with Crippen LogP contribution in [-0.4, -0.2) is 7.11 Å². The van der Waals surface area contributed by atoms with Crippen molar-refractivity contribution < 1.29 is 4.74 Å². The number of hydrogen-bond donors (Lipinski definition) is 1. The van der Waals surface area contributed by atoms with E-state index in [0.29, 0.717) is 0 Å². The summed E-state index contributed by atoms with van der Waals surface area (Å²) in [5, 5.41) is 0.287. The van der Waals surface area contributed by atoms with Gasteiger partial charge in [-0.2, -0.15) is 12.6 Å². The minimum atomic E-state index is 0.287. The largest absolute Gasteiger partial charge is 0.496 e. The maximum atomic E-state index is 5.15. The first-order valence-corrected chi connectivity index (χ1v) is 4.49. The highest BCUT2D eigenvalue weighted by molar-refractivity contribution is 7.80. The Morgan fingerprint density at radius 2 is 2.08 bits per heavy atom. The van der Waals surface area contributed by atoms with Crippen molar-refractivity contribution in [2.45, 2.75) is 19.1 Å². The Balaban J connectivity index is 3.02. The van der Waals surface area contributed by atoms with Gasteiger partial charge in [0.05, 0.1) is 7.11 Å². The van der Waals surface area contributed by atoms with Gasteiger partial charge in [-0.3, -0.25) is 0 Å². The van der Waals surface area contributed by atoms with E-state index in [2.05, 4.69) is 25.6 Å². The van der Waals surface area contributed by atoms with Gasteiger partial charge < -0.3 is 4.74 Å². The Kier molecular flexibility index (Phi) is 3.04. The topological polar surface area (TPSA) is 9.23 Å². The van der Waals surface area contributed by atoms with Crippen LogP contribution in [0.2, 0.25) is 0 Å². The van der Waals surface area contributed by atoms with Gasteiger partial charge >= 0.3 is 0 Å². The molecule has 2 heteroatoms. The van der Waals surface area contributed by atoms with Gasteiger partial charge in [0.15, 0.2) is 0 Å². The van der Waals surface area contributed by atoms with E-state index in [0.717, 1.165) is 11.3 Å². The van der Waals surface area contributed by atoms with Crippen LogP contribution in [0.4, 0.5) is 0 Å². The minimum absolute atomic E-state index is 0.287. The summed E-state index contributed by atoms with van der Waals surface area (Å²) in [6.07, 6.45) is 0. The van der Waals surface area contributed by atoms with E-state index in [4.69, 9.17) is 4.74 Å². The highest BCUT2D eigenvalue weighted by Crippen LogP contribution is 2.24. The Morgan fingerprint density at radius 1 is 1.42 bits per heavy atom. The van der Waals surface area contributed by atoms with Crippen molar-refractivity contribution in [3.05, 3.63) is 29.3 Å². The number of thiol groups is 1. The lowest BCUT2D eigenvalue weighted by molar-refractivity contribution is 0.411. The number of aryl methyl sites for hydroxylation is 1. The maximum Gasteiger partial charge on any atom is 0.121 e. The molecule has 0 fully saturated rings. The Labute approximate surface area is 79.2 Å². The average Bonchev–Trinajstić information content (AvgIpc) is 2.04. The van der Waals surface area contributed by atoms with E-state index in [1.807, 2.05) is 19.1 Å². The van der Waals surface area contributed by atoms with Crippen molar-refractivity contribution in [3.63, 3.8) is 0 Å². The molecule has 12 heavy (non-hydrogen) atoms. The van der Waals surface area contributed by atoms with E-state index in [1.54, 1.807) is 7.11 Å². The molecule has 0 amide bonds. The second-order valence-corrected chi connectivity index (χ2v) is 3.68. The molecule has 0 heterocycles. The van der Waals surface area contributed by atoms with Crippen LogP contribution >= 0.6 is 12.6 Å². The van der Waals surface area contributed by atoms with Crippen molar-refractivity contribution >= 4 is 12.6 Å². The fraction of sp³-hybridized carbons (Fsp3) is 0.400. The van der Waals surface area contributed by atoms with Crippen molar-refractivity contribution in [2.75, 3.05) is 7.11 Å². The smallest absolute Gasteiger partial charge is 0.121 e. The standard InChI is InChI=1S/C10H14OS/c1-7-6-9(8(2)12)4-5-10(7)11-3/h4-6,8,12H,1-3H3. The molecule has 0 aliphatic rings. The molecule has 0 aliphatic heterocycles. The summed E-state index contributed by atoms with van der Waals surface area (Å²) in [6.45, 7) is 4.10. The SMILES string of the molecule is COc1ccc(C(C)S)cc1C. The molecule has 0 radical (unpaired) electrons. The Morgan fingerprint density at radius 3 is 2.50 bits per heavy atom. The van der Waals surface area contributed by atoms with Crippen LogP contribution in [0.15, 0.2) is 18.2 Å². The number of hydrogen-bond acceptors (Lipinski definition) is 2. The van der Waals surface area contributed by atoms with Crippen molar-refractivity contribution in [3.8, 4) is 5.75 Å². The molecule has 66 valence electrons. The fourth-order valence-corrected chi connectivity index (χ4v) is 1.32. The highest BCUT2D eigenvalue weighted by Gasteiger charge is 2.02. The Hall–Kier alpha value is -0.630. The first-order valence-electron chi connectivity index (χ1n) is 3.97. The number of methoxy groups -OCH3 is 1. The predicted octanol–water partition coefficient (Wildman–Crippen LogP) is 2.99. The van der Waals surface area contributed by atoms with Crippen LogP contribution in [0.3, 0.4) is 0 Å². The summed E-state index contributed by atoms with van der Waals surface area (Å²) in [5.74, 6) is 0.938. The first kappa shape index (κ1) is 9.46. The van der Waals surface area contributed by atoms with Gasteiger partial charge in [0.1, 0.15) is 5.75 Å². The molecule has 1 unspecified atom stereocenters. The average molecular weight is 182 g/mol. The number of ether oxygens (including phenoxy) is 1. The zero-order valence-corrected chi connectivity index (χ0v) is 8.56. The number of rotatable bonds is 2. The van der Waals surface area contributed by atoms with E-state index >= 15 is 0 Å². The summed E-state index contributed by atoms with van der Waals surface area (Å²) in [4.78, 5) is 0. The monoisotopic (exact) mass is 182 g/mol. The van der Waals surface area contributed by atoms with Crippen molar-refractivity contribution in [1.29, 1.82) is 0 Å². The van der Waals surface area contributed by atoms with Crippen molar-refractivity contribution in [2.24, 2.45) is 0 Å². The van der Waals surface area contributed by atoms with Crippen LogP contribution < -0.4 is 4.74 Å². The molecular weight excluding hydrogens is 168 g/mol. The fourth-order valence-electron chi connectivity index (χ4n) is 1.16. The summed E-state index contributed by atoms with van der Waals surface area (Å²) in [6, 6.07) is 6.14. The van der Waals surface area contributed by atoms with Gasteiger partial charge in [0, 0.05) is 5.25 Å². The maximum absolute atomic E-state index is 5.15. The van der Waals surface area contributed by atoms with Crippen LogP contribution in [-0.2, 0) is 0 Å². The second kappa shape index (κ2) is 3.85. The Bertz CT molecular complexity index is 269.